The number of nitrogens with one attached hydrogen (secondary N) is 1. The second-order valence-corrected chi connectivity index (χ2v) is 8.23. The first-order chi connectivity index (χ1) is 15.0. The van der Waals surface area contributed by atoms with E-state index in [9.17, 15) is 0 Å². The molecular weight excluding hydrogens is 388 g/mol. The van der Waals surface area contributed by atoms with Gasteiger partial charge in [-0.15, -0.1) is 0 Å². The summed E-state index contributed by atoms with van der Waals surface area (Å²) in [5.41, 5.74) is 5.14. The largest absolute Gasteiger partial charge is 0.380 e. The van der Waals surface area contributed by atoms with Gasteiger partial charge in [0, 0.05) is 61.4 Å². The number of aromatic nitrogens is 4. The maximum atomic E-state index is 5.40. The van der Waals surface area contributed by atoms with Crippen LogP contribution in [0, 0.1) is 5.41 Å². The summed E-state index contributed by atoms with van der Waals surface area (Å²) in [7, 11) is 3.68. The zero-order valence-electron chi connectivity index (χ0n) is 18.5. The highest BCUT2D eigenvalue weighted by Gasteiger charge is 2.33. The monoisotopic (exact) mass is 416 g/mol. The third kappa shape index (κ3) is 4.56. The summed E-state index contributed by atoms with van der Waals surface area (Å²) in [5.74, 6) is 1.48. The lowest BCUT2D eigenvalue weighted by Gasteiger charge is -2.38. The highest BCUT2D eigenvalue weighted by Crippen LogP contribution is 2.31. The molecule has 0 atom stereocenters. The van der Waals surface area contributed by atoms with Crippen molar-refractivity contribution in [3.8, 4) is 22.5 Å². The molecule has 0 radical (unpaired) electrons. The van der Waals surface area contributed by atoms with Crippen molar-refractivity contribution in [3.05, 3.63) is 54.5 Å². The third-order valence-electron chi connectivity index (χ3n) is 5.42. The number of hydrogen-bond donors (Lipinski definition) is 1. The Kier molecular flexibility index (Phi) is 5.95. The van der Waals surface area contributed by atoms with Crippen molar-refractivity contribution in [2.45, 2.75) is 13.8 Å². The van der Waals surface area contributed by atoms with Crippen LogP contribution in [0.3, 0.4) is 0 Å². The molecule has 0 saturated carbocycles. The molecule has 1 fully saturated rings. The molecule has 7 heteroatoms. The smallest absolute Gasteiger partial charge is 0.161 e. The number of aryl methyl sites for hydroxylation is 1. The molecule has 1 N–H and O–H groups in total. The van der Waals surface area contributed by atoms with Crippen LogP contribution in [0.15, 0.2) is 53.9 Å². The molecule has 2 aromatic heterocycles. The molecule has 4 rings (SSSR count). The predicted molar refractivity (Wildman–Crippen MR) is 125 cm³/mol. The number of anilines is 1. The lowest BCUT2D eigenvalue weighted by molar-refractivity contribution is -0.0924. The van der Waals surface area contributed by atoms with E-state index in [1.165, 1.54) is 0 Å². The van der Waals surface area contributed by atoms with Crippen molar-refractivity contribution >= 4 is 17.6 Å². The van der Waals surface area contributed by atoms with E-state index in [1.807, 2.05) is 57.0 Å². The van der Waals surface area contributed by atoms with Crippen LogP contribution in [0.5, 0.6) is 0 Å². The number of aliphatic imine (C=N–C) groups is 1. The summed E-state index contributed by atoms with van der Waals surface area (Å²) in [6.45, 7) is 6.52. The molecule has 0 aliphatic carbocycles. The van der Waals surface area contributed by atoms with Crippen LogP contribution in [-0.4, -0.2) is 52.8 Å². The van der Waals surface area contributed by atoms with Gasteiger partial charge in [0.1, 0.15) is 5.82 Å². The molecular formula is C24H28N6O. The maximum absolute atomic E-state index is 5.40. The van der Waals surface area contributed by atoms with Crippen molar-refractivity contribution in [1.82, 2.24) is 19.7 Å². The molecule has 0 unspecified atom stereocenters. The van der Waals surface area contributed by atoms with Gasteiger partial charge < -0.3 is 10.1 Å². The van der Waals surface area contributed by atoms with Gasteiger partial charge in [-0.05, 0) is 24.1 Å². The first kappa shape index (κ1) is 20.9. The summed E-state index contributed by atoms with van der Waals surface area (Å²) >= 11 is 0. The molecule has 31 heavy (non-hydrogen) atoms. The lowest BCUT2D eigenvalue weighted by Crippen LogP contribution is -2.45. The minimum atomic E-state index is 0.123. The number of benzene rings is 1. The molecule has 0 spiro atoms. The molecule has 3 aromatic rings. The predicted octanol–water partition coefficient (Wildman–Crippen LogP) is 4.10. The fourth-order valence-electron chi connectivity index (χ4n) is 3.57. The Balaban J connectivity index is 1.71. The van der Waals surface area contributed by atoms with Crippen LogP contribution >= 0.6 is 0 Å². The minimum Gasteiger partial charge on any atom is -0.380 e. The Labute approximate surface area is 182 Å². The van der Waals surface area contributed by atoms with Gasteiger partial charge in [-0.2, -0.15) is 5.10 Å². The first-order valence-corrected chi connectivity index (χ1v) is 10.4. The third-order valence-corrected chi connectivity index (χ3v) is 5.42. The SMILES string of the molecule is C/C=C(\C=NC)c1cccc(-c2ncc(-c3cnn(C)c3)c(NCC3(C)COC3)n2)c1. The Morgan fingerprint density at radius 2 is 2.13 bits per heavy atom. The van der Waals surface area contributed by atoms with Gasteiger partial charge in [-0.1, -0.05) is 31.2 Å². The quantitative estimate of drug-likeness (QED) is 0.587. The Morgan fingerprint density at radius 3 is 2.77 bits per heavy atom. The van der Waals surface area contributed by atoms with Crippen LogP contribution in [0.4, 0.5) is 5.82 Å². The maximum Gasteiger partial charge on any atom is 0.161 e. The van der Waals surface area contributed by atoms with E-state index in [1.54, 1.807) is 11.7 Å². The van der Waals surface area contributed by atoms with E-state index in [4.69, 9.17) is 9.72 Å². The summed E-state index contributed by atoms with van der Waals surface area (Å²) in [5, 5.41) is 7.85. The molecule has 1 aromatic carbocycles. The summed E-state index contributed by atoms with van der Waals surface area (Å²) in [6.07, 6.45) is 9.59. The highest BCUT2D eigenvalue weighted by atomic mass is 16.5. The second-order valence-electron chi connectivity index (χ2n) is 8.23. The van der Waals surface area contributed by atoms with E-state index in [0.29, 0.717) is 5.82 Å². The zero-order chi connectivity index (χ0) is 21.8. The molecule has 1 aliphatic heterocycles. The number of ether oxygens (including phenoxy) is 1. The molecule has 160 valence electrons. The zero-order valence-corrected chi connectivity index (χ0v) is 18.5. The van der Waals surface area contributed by atoms with Crippen LogP contribution in [0.1, 0.15) is 19.4 Å². The van der Waals surface area contributed by atoms with E-state index in [0.717, 1.165) is 53.4 Å². The lowest BCUT2D eigenvalue weighted by atomic mass is 9.89. The number of hydrogen-bond acceptors (Lipinski definition) is 6. The van der Waals surface area contributed by atoms with Gasteiger partial charge >= 0.3 is 0 Å². The highest BCUT2D eigenvalue weighted by molar-refractivity contribution is 6.09. The van der Waals surface area contributed by atoms with Crippen LogP contribution in [0.2, 0.25) is 0 Å². The van der Waals surface area contributed by atoms with E-state index in [-0.39, 0.29) is 5.41 Å². The molecule has 7 nitrogen and oxygen atoms in total. The molecule has 0 amide bonds. The summed E-state index contributed by atoms with van der Waals surface area (Å²) < 4.78 is 7.18. The van der Waals surface area contributed by atoms with Crippen molar-refractivity contribution in [1.29, 1.82) is 0 Å². The van der Waals surface area contributed by atoms with Crippen molar-refractivity contribution < 1.29 is 4.74 Å². The van der Waals surface area contributed by atoms with Crippen molar-refractivity contribution in [2.24, 2.45) is 17.5 Å². The standard InChI is InChI=1S/C24H28N6O/c1-5-17(10-25-3)18-7-6-8-19(9-18)22-26-12-21(20-11-28-30(4)13-20)23(29-22)27-14-24(2)15-31-16-24/h5-13H,14-16H2,1-4H3,(H,26,27,29)/b17-5+,25-10?. The van der Waals surface area contributed by atoms with Gasteiger partial charge in [0.05, 0.1) is 19.4 Å². The number of allylic oxidation sites excluding steroid dienone is 2. The Hall–Kier alpha value is -3.32. The first-order valence-electron chi connectivity index (χ1n) is 10.4. The minimum absolute atomic E-state index is 0.123. The fraction of sp³-hybridized carbons (Fsp3) is 0.333. The summed E-state index contributed by atoms with van der Waals surface area (Å²) in [6, 6.07) is 8.22. The number of nitrogens with zero attached hydrogens (tertiary/aromatic N) is 5. The van der Waals surface area contributed by atoms with E-state index < -0.39 is 0 Å². The second kappa shape index (κ2) is 8.81. The average molecular weight is 417 g/mol. The van der Waals surface area contributed by atoms with Crippen LogP contribution in [-0.2, 0) is 11.8 Å². The van der Waals surface area contributed by atoms with Crippen molar-refractivity contribution in [3.63, 3.8) is 0 Å². The van der Waals surface area contributed by atoms with Crippen LogP contribution in [0.25, 0.3) is 28.1 Å². The number of rotatable bonds is 7. The average Bonchev–Trinajstić information content (AvgIpc) is 3.20. The Morgan fingerprint density at radius 1 is 1.29 bits per heavy atom. The van der Waals surface area contributed by atoms with E-state index >= 15 is 0 Å². The normalized spacial score (nSPS) is 15.8. The Bertz CT molecular complexity index is 1130. The molecule has 1 saturated heterocycles. The molecule has 0 bridgehead atoms. The topological polar surface area (TPSA) is 77.2 Å². The van der Waals surface area contributed by atoms with Crippen molar-refractivity contribution in [2.75, 3.05) is 32.1 Å². The van der Waals surface area contributed by atoms with E-state index in [2.05, 4.69) is 39.4 Å². The van der Waals surface area contributed by atoms with Gasteiger partial charge in [-0.25, -0.2) is 9.97 Å². The van der Waals surface area contributed by atoms with Gasteiger partial charge in [0.2, 0.25) is 0 Å². The van der Waals surface area contributed by atoms with Crippen LogP contribution < -0.4 is 5.32 Å². The van der Waals surface area contributed by atoms with Gasteiger partial charge in [-0.3, -0.25) is 9.67 Å². The fourth-order valence-corrected chi connectivity index (χ4v) is 3.57. The summed E-state index contributed by atoms with van der Waals surface area (Å²) in [4.78, 5) is 13.7. The van der Waals surface area contributed by atoms with Gasteiger partial charge in [0.25, 0.3) is 0 Å². The van der Waals surface area contributed by atoms with Gasteiger partial charge in [0.15, 0.2) is 5.82 Å². The molecule has 1 aliphatic rings. The molecule has 3 heterocycles.